The van der Waals surface area contributed by atoms with Gasteiger partial charge in [-0.05, 0) is 43.8 Å². The Morgan fingerprint density at radius 3 is 2.50 bits per heavy atom. The van der Waals surface area contributed by atoms with E-state index in [2.05, 4.69) is 42.1 Å². The van der Waals surface area contributed by atoms with Crippen LogP contribution in [0.3, 0.4) is 0 Å². The largest absolute Gasteiger partial charge is 0.358 e. The van der Waals surface area contributed by atoms with Crippen molar-refractivity contribution < 1.29 is 13.2 Å². The number of hydrogen-bond acceptors (Lipinski definition) is 8. The summed E-state index contributed by atoms with van der Waals surface area (Å²) < 4.78 is 26.0. The summed E-state index contributed by atoms with van der Waals surface area (Å²) in [6, 6.07) is 12.5. The number of aromatic amines is 1. The number of benzene rings is 2. The molecule has 1 saturated heterocycles. The van der Waals surface area contributed by atoms with Crippen LogP contribution in [0.1, 0.15) is 23.0 Å². The first-order chi connectivity index (χ1) is 19.1. The predicted octanol–water partition coefficient (Wildman–Crippen LogP) is 4.56. The van der Waals surface area contributed by atoms with Crippen molar-refractivity contribution in [3.05, 3.63) is 64.9 Å². The van der Waals surface area contributed by atoms with Crippen LogP contribution in [0.4, 0.5) is 28.8 Å². The molecule has 0 spiro atoms. The molecule has 0 saturated carbocycles. The van der Waals surface area contributed by atoms with Gasteiger partial charge >= 0.3 is 0 Å². The summed E-state index contributed by atoms with van der Waals surface area (Å²) in [6.07, 6.45) is 2.54. The van der Waals surface area contributed by atoms with Gasteiger partial charge in [-0.3, -0.25) is 9.52 Å². The van der Waals surface area contributed by atoms with E-state index < -0.39 is 10.0 Å². The van der Waals surface area contributed by atoms with Gasteiger partial charge in [0.2, 0.25) is 16.0 Å². The van der Waals surface area contributed by atoms with Crippen molar-refractivity contribution in [2.75, 3.05) is 54.3 Å². The first-order valence-corrected chi connectivity index (χ1v) is 15.2. The van der Waals surface area contributed by atoms with Gasteiger partial charge in [-0.1, -0.05) is 30.7 Å². The second-order valence-electron chi connectivity index (χ2n) is 9.67. The van der Waals surface area contributed by atoms with Crippen LogP contribution in [-0.4, -0.2) is 78.1 Å². The average Bonchev–Trinajstić information content (AvgIpc) is 3.25. The molecule has 4 aromatic rings. The monoisotopic (exact) mass is 582 g/mol. The zero-order valence-corrected chi connectivity index (χ0v) is 24.0. The first kappa shape index (κ1) is 27.7. The van der Waals surface area contributed by atoms with E-state index in [0.717, 1.165) is 61.3 Å². The first-order valence-electron chi connectivity index (χ1n) is 12.9. The lowest BCUT2D eigenvalue weighted by Gasteiger charge is -2.34. The van der Waals surface area contributed by atoms with Crippen LogP contribution in [0.15, 0.2) is 48.7 Å². The quantitative estimate of drug-likeness (QED) is 0.237. The Hall–Kier alpha value is -3.87. The maximum Gasteiger partial charge on any atom is 0.256 e. The number of halogens is 1. The van der Waals surface area contributed by atoms with Gasteiger partial charge in [0.1, 0.15) is 5.02 Å². The number of aromatic nitrogens is 3. The lowest BCUT2D eigenvalue weighted by atomic mass is 10.1. The highest BCUT2D eigenvalue weighted by molar-refractivity contribution is 7.92. The van der Waals surface area contributed by atoms with Gasteiger partial charge < -0.3 is 25.4 Å². The number of piperazine rings is 1. The number of para-hydroxylation sites is 2. The molecule has 5 rings (SSSR count). The molecule has 0 unspecified atom stereocenters. The number of H-pyrrole nitrogens is 1. The SMILES string of the molecule is CCN1CCN(C(=O)c2c(C)[nH]c3cc(Nc4ncc(Cl)c(Nc5ccccc5NS(C)(=O)=O)n4)ccc23)CC1. The van der Waals surface area contributed by atoms with Crippen molar-refractivity contribution in [3.63, 3.8) is 0 Å². The number of hydrogen-bond donors (Lipinski definition) is 4. The third kappa shape index (κ3) is 6.14. The molecule has 2 aromatic heterocycles. The zero-order valence-electron chi connectivity index (χ0n) is 22.5. The van der Waals surface area contributed by atoms with E-state index in [9.17, 15) is 13.2 Å². The number of fused-ring (bicyclic) bond motifs is 1. The number of anilines is 5. The topological polar surface area (TPSA) is 135 Å². The highest BCUT2D eigenvalue weighted by Gasteiger charge is 2.25. The van der Waals surface area contributed by atoms with E-state index in [-0.39, 0.29) is 16.9 Å². The molecule has 1 amide bonds. The molecule has 1 aliphatic heterocycles. The normalized spacial score (nSPS) is 14.3. The number of aryl methyl sites for hydroxylation is 1. The van der Waals surface area contributed by atoms with Gasteiger partial charge in [0.15, 0.2) is 5.82 Å². The maximum absolute atomic E-state index is 13.4. The third-order valence-electron chi connectivity index (χ3n) is 6.78. The number of carbonyl (C=O) groups excluding carboxylic acids is 1. The number of likely N-dealkylation sites (N-methyl/N-ethyl adjacent to an activating group) is 1. The Bertz CT molecular complexity index is 1670. The number of amides is 1. The molecule has 3 heterocycles. The van der Waals surface area contributed by atoms with E-state index in [1.165, 1.54) is 6.20 Å². The van der Waals surface area contributed by atoms with Crippen LogP contribution in [0.25, 0.3) is 10.9 Å². The molecule has 1 aliphatic rings. The van der Waals surface area contributed by atoms with Crippen LogP contribution < -0.4 is 15.4 Å². The van der Waals surface area contributed by atoms with Crippen molar-refractivity contribution in [1.82, 2.24) is 24.8 Å². The van der Waals surface area contributed by atoms with Gasteiger partial charge in [0.25, 0.3) is 5.91 Å². The molecule has 2 aromatic carbocycles. The second-order valence-corrected chi connectivity index (χ2v) is 11.8. The second kappa shape index (κ2) is 11.3. The predicted molar refractivity (Wildman–Crippen MR) is 160 cm³/mol. The Labute approximate surface area is 238 Å². The van der Waals surface area contributed by atoms with Crippen molar-refractivity contribution in [3.8, 4) is 0 Å². The van der Waals surface area contributed by atoms with Gasteiger partial charge in [-0.15, -0.1) is 0 Å². The van der Waals surface area contributed by atoms with Crippen LogP contribution in [0, 0.1) is 6.92 Å². The summed E-state index contributed by atoms with van der Waals surface area (Å²) in [7, 11) is -3.48. The Balaban J connectivity index is 1.36. The molecule has 11 nitrogen and oxygen atoms in total. The summed E-state index contributed by atoms with van der Waals surface area (Å²) in [5.74, 6) is 0.630. The number of rotatable bonds is 8. The molecule has 40 heavy (non-hydrogen) atoms. The molecule has 210 valence electrons. The fourth-order valence-electron chi connectivity index (χ4n) is 4.76. The van der Waals surface area contributed by atoms with E-state index in [1.54, 1.807) is 24.3 Å². The molecule has 1 fully saturated rings. The number of sulfonamides is 1. The minimum atomic E-state index is -3.48. The summed E-state index contributed by atoms with van der Waals surface area (Å²) in [5, 5.41) is 7.38. The van der Waals surface area contributed by atoms with Crippen molar-refractivity contribution in [1.29, 1.82) is 0 Å². The molecular weight excluding hydrogens is 552 g/mol. The van der Waals surface area contributed by atoms with E-state index in [1.807, 2.05) is 30.0 Å². The fraction of sp³-hybridized carbons (Fsp3) is 0.296. The van der Waals surface area contributed by atoms with Gasteiger partial charge in [-0.2, -0.15) is 4.98 Å². The lowest BCUT2D eigenvalue weighted by Crippen LogP contribution is -2.48. The molecule has 0 atom stereocenters. The Kier molecular flexibility index (Phi) is 7.83. The molecule has 0 aliphatic carbocycles. The molecule has 13 heteroatoms. The highest BCUT2D eigenvalue weighted by atomic mass is 35.5. The van der Waals surface area contributed by atoms with Crippen LogP contribution >= 0.6 is 11.6 Å². The van der Waals surface area contributed by atoms with Gasteiger partial charge in [-0.25, -0.2) is 13.4 Å². The van der Waals surface area contributed by atoms with Crippen molar-refractivity contribution in [2.24, 2.45) is 0 Å². The fourth-order valence-corrected chi connectivity index (χ4v) is 5.48. The summed E-state index contributed by atoms with van der Waals surface area (Å²) in [5.41, 5.74) is 3.91. The lowest BCUT2D eigenvalue weighted by molar-refractivity contribution is 0.0644. The van der Waals surface area contributed by atoms with Crippen LogP contribution in [-0.2, 0) is 10.0 Å². The number of nitrogens with zero attached hydrogens (tertiary/aromatic N) is 4. The third-order valence-corrected chi connectivity index (χ3v) is 7.65. The van der Waals surface area contributed by atoms with Crippen molar-refractivity contribution >= 4 is 67.3 Å². The standard InChI is InChI=1S/C27H31ClN8O3S/c1-4-35-11-13-36(14-12-35)26(37)24-17(2)30-23-15-18(9-10-19(23)24)31-27-29-16-20(28)25(33-27)32-21-7-5-6-8-22(21)34-40(3,38)39/h5-10,15-16,30,34H,4,11-14H2,1-3H3,(H2,29,31,32,33). The van der Waals surface area contributed by atoms with E-state index in [4.69, 9.17) is 11.6 Å². The Morgan fingerprint density at radius 2 is 1.80 bits per heavy atom. The summed E-state index contributed by atoms with van der Waals surface area (Å²) in [6.45, 7) is 8.25. The molecule has 0 radical (unpaired) electrons. The van der Waals surface area contributed by atoms with Crippen LogP contribution in [0.2, 0.25) is 5.02 Å². The van der Waals surface area contributed by atoms with E-state index in [0.29, 0.717) is 22.8 Å². The average molecular weight is 583 g/mol. The maximum atomic E-state index is 13.4. The summed E-state index contributed by atoms with van der Waals surface area (Å²) in [4.78, 5) is 29.8. The van der Waals surface area contributed by atoms with Crippen molar-refractivity contribution in [2.45, 2.75) is 13.8 Å². The Morgan fingerprint density at radius 1 is 1.07 bits per heavy atom. The molecular formula is C27H31ClN8O3S. The van der Waals surface area contributed by atoms with Gasteiger partial charge in [0, 0.05) is 48.5 Å². The minimum Gasteiger partial charge on any atom is -0.358 e. The summed E-state index contributed by atoms with van der Waals surface area (Å²) >= 11 is 6.35. The number of nitrogens with one attached hydrogen (secondary N) is 4. The smallest absolute Gasteiger partial charge is 0.256 e. The zero-order chi connectivity index (χ0) is 28.4. The minimum absolute atomic E-state index is 0.0441. The number of carbonyl (C=O) groups is 1. The highest BCUT2D eigenvalue weighted by Crippen LogP contribution is 2.31. The van der Waals surface area contributed by atoms with E-state index >= 15 is 0 Å². The van der Waals surface area contributed by atoms with Crippen LogP contribution in [0.5, 0.6) is 0 Å². The molecule has 0 bridgehead atoms. The molecule has 4 N–H and O–H groups in total. The van der Waals surface area contributed by atoms with Gasteiger partial charge in [0.05, 0.1) is 29.4 Å².